The van der Waals surface area contributed by atoms with Gasteiger partial charge in [-0.3, -0.25) is 4.79 Å². The van der Waals surface area contributed by atoms with Crippen LogP contribution in [0.3, 0.4) is 0 Å². The number of thioether (sulfide) groups is 1. The molecule has 0 bridgehead atoms. The molecule has 1 saturated heterocycles. The normalized spacial score (nSPS) is 16.4. The molecule has 1 aliphatic heterocycles. The zero-order valence-corrected chi connectivity index (χ0v) is 17.1. The molecule has 7 heteroatoms. The van der Waals surface area contributed by atoms with Crippen molar-refractivity contribution >= 4 is 46.2 Å². The van der Waals surface area contributed by atoms with Crippen LogP contribution in [0.4, 0.5) is 5.69 Å². The van der Waals surface area contributed by atoms with Gasteiger partial charge in [0.2, 0.25) is 0 Å². The molecule has 146 valence electrons. The van der Waals surface area contributed by atoms with Gasteiger partial charge in [-0.15, -0.1) is 0 Å². The molecule has 0 aliphatic carbocycles. The summed E-state index contributed by atoms with van der Waals surface area (Å²) in [5.41, 5.74) is 1.61. The summed E-state index contributed by atoms with van der Waals surface area (Å²) in [4.78, 5) is 17.3. The minimum absolute atomic E-state index is 0.208. The molecule has 0 spiro atoms. The lowest BCUT2D eigenvalue weighted by atomic mass is 10.2. The molecule has 0 atom stereocenters. The molecule has 1 fully saturated rings. The Morgan fingerprint density at radius 3 is 2.76 bits per heavy atom. The van der Waals surface area contributed by atoms with Gasteiger partial charge in [0, 0.05) is 16.7 Å². The third kappa shape index (κ3) is 4.72. The molecular formula is C22H17ClN2O3S. The number of hydrogen-bond acceptors (Lipinski definition) is 5. The van der Waals surface area contributed by atoms with E-state index in [1.165, 1.54) is 11.8 Å². The van der Waals surface area contributed by atoms with E-state index in [0.717, 1.165) is 17.0 Å². The number of hydrogen-bond donors (Lipinski definition) is 1. The number of furan rings is 1. The lowest BCUT2D eigenvalue weighted by Gasteiger charge is -2.02. The van der Waals surface area contributed by atoms with Crippen molar-refractivity contribution in [3.8, 4) is 17.1 Å². The number of ether oxygens (including phenoxy) is 1. The van der Waals surface area contributed by atoms with E-state index >= 15 is 0 Å². The molecule has 1 amide bonds. The molecule has 29 heavy (non-hydrogen) atoms. The second-order valence-corrected chi connectivity index (χ2v) is 7.59. The number of carbonyl (C=O) groups is 1. The van der Waals surface area contributed by atoms with Gasteiger partial charge in [0.05, 0.1) is 17.2 Å². The first kappa shape index (κ1) is 19.4. The number of carbonyl (C=O) groups excluding carboxylic acids is 1. The van der Waals surface area contributed by atoms with E-state index in [-0.39, 0.29) is 5.91 Å². The molecule has 3 aromatic rings. The van der Waals surface area contributed by atoms with Gasteiger partial charge in [0.1, 0.15) is 17.3 Å². The van der Waals surface area contributed by atoms with Crippen LogP contribution < -0.4 is 10.1 Å². The van der Waals surface area contributed by atoms with E-state index in [0.29, 0.717) is 33.2 Å². The number of nitrogens with one attached hydrogen (secondary N) is 1. The average Bonchev–Trinajstić information content (AvgIpc) is 3.31. The van der Waals surface area contributed by atoms with E-state index < -0.39 is 0 Å². The zero-order chi connectivity index (χ0) is 20.2. The van der Waals surface area contributed by atoms with Crippen molar-refractivity contribution in [1.29, 1.82) is 0 Å². The molecule has 1 aliphatic rings. The van der Waals surface area contributed by atoms with E-state index in [9.17, 15) is 4.79 Å². The first-order valence-electron chi connectivity index (χ1n) is 8.99. The van der Waals surface area contributed by atoms with Crippen molar-refractivity contribution in [2.45, 2.75) is 6.92 Å². The Hall–Kier alpha value is -2.96. The first-order valence-corrected chi connectivity index (χ1v) is 10.2. The monoisotopic (exact) mass is 424 g/mol. The quantitative estimate of drug-likeness (QED) is 0.518. The first-order chi connectivity index (χ1) is 14.1. The molecular weight excluding hydrogens is 408 g/mol. The summed E-state index contributed by atoms with van der Waals surface area (Å²) in [7, 11) is 0. The number of halogens is 1. The van der Waals surface area contributed by atoms with Gasteiger partial charge in [-0.05, 0) is 67.2 Å². The molecule has 5 nitrogen and oxygen atoms in total. The smallest absolute Gasteiger partial charge is 0.264 e. The van der Waals surface area contributed by atoms with Crippen LogP contribution in [0, 0.1) is 0 Å². The Kier molecular flexibility index (Phi) is 5.74. The number of benzene rings is 2. The van der Waals surface area contributed by atoms with Crippen LogP contribution >= 0.6 is 23.4 Å². The average molecular weight is 425 g/mol. The van der Waals surface area contributed by atoms with Gasteiger partial charge >= 0.3 is 0 Å². The molecule has 4 rings (SSSR count). The summed E-state index contributed by atoms with van der Waals surface area (Å²) >= 11 is 7.30. The summed E-state index contributed by atoms with van der Waals surface area (Å²) in [6.45, 7) is 2.55. The summed E-state index contributed by atoms with van der Waals surface area (Å²) in [6, 6.07) is 18.5. The second kappa shape index (κ2) is 8.59. The topological polar surface area (TPSA) is 63.8 Å². The SMILES string of the molecule is CCOc1ccc(N=C2NC(=O)/C(=C\c3ccc(-c4cccc(Cl)c4)o3)S2)cc1. The maximum Gasteiger partial charge on any atom is 0.264 e. The number of amides is 1. The van der Waals surface area contributed by atoms with Crippen molar-refractivity contribution in [3.05, 3.63) is 76.4 Å². The standard InChI is InChI=1S/C22H17ClN2O3S/c1-2-27-17-8-6-16(7-9-17)24-22-25-21(26)20(29-22)13-18-10-11-19(28-18)14-4-3-5-15(23)12-14/h3-13H,2H2,1H3,(H,24,25,26)/b20-13+. The van der Waals surface area contributed by atoms with Gasteiger partial charge in [0.25, 0.3) is 5.91 Å². The molecule has 1 N–H and O–H groups in total. The predicted molar refractivity (Wildman–Crippen MR) is 118 cm³/mol. The Bertz CT molecular complexity index is 1100. The van der Waals surface area contributed by atoms with Crippen molar-refractivity contribution < 1.29 is 13.9 Å². The minimum atomic E-state index is -0.208. The van der Waals surface area contributed by atoms with E-state index in [4.69, 9.17) is 20.8 Å². The van der Waals surface area contributed by atoms with Crippen LogP contribution in [0.5, 0.6) is 5.75 Å². The number of rotatable bonds is 5. The maximum atomic E-state index is 12.3. The predicted octanol–water partition coefficient (Wildman–Crippen LogP) is 5.89. The van der Waals surface area contributed by atoms with Gasteiger partial charge in [-0.2, -0.15) is 0 Å². The minimum Gasteiger partial charge on any atom is -0.494 e. The highest BCUT2D eigenvalue weighted by molar-refractivity contribution is 8.18. The molecule has 2 aromatic carbocycles. The van der Waals surface area contributed by atoms with E-state index in [2.05, 4.69) is 10.3 Å². The highest BCUT2D eigenvalue weighted by Gasteiger charge is 2.24. The van der Waals surface area contributed by atoms with Crippen LogP contribution in [0.15, 0.2) is 75.0 Å². The summed E-state index contributed by atoms with van der Waals surface area (Å²) in [5, 5.41) is 3.93. The number of amidine groups is 1. The van der Waals surface area contributed by atoms with E-state index in [1.807, 2.05) is 67.6 Å². The highest BCUT2D eigenvalue weighted by Crippen LogP contribution is 2.31. The number of nitrogens with zero attached hydrogens (tertiary/aromatic N) is 1. The Morgan fingerprint density at radius 1 is 1.17 bits per heavy atom. The lowest BCUT2D eigenvalue weighted by Crippen LogP contribution is -2.19. The molecule has 2 heterocycles. The molecule has 0 unspecified atom stereocenters. The van der Waals surface area contributed by atoms with Crippen LogP contribution in [0.2, 0.25) is 5.02 Å². The highest BCUT2D eigenvalue weighted by atomic mass is 35.5. The maximum absolute atomic E-state index is 12.3. The molecule has 1 aromatic heterocycles. The fourth-order valence-electron chi connectivity index (χ4n) is 2.74. The summed E-state index contributed by atoms with van der Waals surface area (Å²) < 4.78 is 11.3. The molecule has 0 radical (unpaired) electrons. The van der Waals surface area contributed by atoms with Gasteiger partial charge in [-0.1, -0.05) is 23.7 Å². The zero-order valence-electron chi connectivity index (χ0n) is 15.5. The van der Waals surface area contributed by atoms with Gasteiger partial charge in [0.15, 0.2) is 5.17 Å². The van der Waals surface area contributed by atoms with Gasteiger partial charge < -0.3 is 14.5 Å². The third-order valence-electron chi connectivity index (χ3n) is 4.04. The fourth-order valence-corrected chi connectivity index (χ4v) is 3.75. The van der Waals surface area contributed by atoms with Crippen LogP contribution in [-0.2, 0) is 4.79 Å². The Labute approximate surface area is 177 Å². The second-order valence-electron chi connectivity index (χ2n) is 6.12. The van der Waals surface area contributed by atoms with Crippen molar-refractivity contribution in [3.63, 3.8) is 0 Å². The van der Waals surface area contributed by atoms with Crippen LogP contribution in [-0.4, -0.2) is 17.7 Å². The van der Waals surface area contributed by atoms with Crippen LogP contribution in [0.1, 0.15) is 12.7 Å². The Morgan fingerprint density at radius 2 is 2.00 bits per heavy atom. The lowest BCUT2D eigenvalue weighted by molar-refractivity contribution is -0.115. The van der Waals surface area contributed by atoms with Crippen molar-refractivity contribution in [1.82, 2.24) is 5.32 Å². The van der Waals surface area contributed by atoms with Crippen molar-refractivity contribution in [2.24, 2.45) is 4.99 Å². The summed E-state index contributed by atoms with van der Waals surface area (Å²) in [6.07, 6.45) is 1.70. The van der Waals surface area contributed by atoms with Crippen molar-refractivity contribution in [2.75, 3.05) is 6.61 Å². The third-order valence-corrected chi connectivity index (χ3v) is 5.18. The summed E-state index contributed by atoms with van der Waals surface area (Å²) in [5.74, 6) is 1.85. The van der Waals surface area contributed by atoms with E-state index in [1.54, 1.807) is 6.08 Å². The largest absolute Gasteiger partial charge is 0.494 e. The van der Waals surface area contributed by atoms with Gasteiger partial charge in [-0.25, -0.2) is 4.99 Å². The fraction of sp³-hybridized carbons (Fsp3) is 0.0909. The van der Waals surface area contributed by atoms with Crippen LogP contribution in [0.25, 0.3) is 17.4 Å². The number of aliphatic imine (C=N–C) groups is 1. The Balaban J connectivity index is 1.50. The molecule has 0 saturated carbocycles.